The van der Waals surface area contributed by atoms with E-state index >= 15 is 0 Å². The number of amides is 1. The average molecular weight is 311 g/mol. The van der Waals surface area contributed by atoms with E-state index in [2.05, 4.69) is 0 Å². The number of anilines is 1. The molecule has 1 amide bonds. The number of fused-ring (bicyclic) bond motifs is 1. The highest BCUT2D eigenvalue weighted by Crippen LogP contribution is 2.28. The summed E-state index contributed by atoms with van der Waals surface area (Å²) in [5.74, 6) is 0.823. The number of methoxy groups -OCH3 is 1. The molecule has 0 N–H and O–H groups in total. The summed E-state index contributed by atoms with van der Waals surface area (Å²) in [6.07, 6.45) is 1.54. The largest absolute Gasteiger partial charge is 0.497 e. The summed E-state index contributed by atoms with van der Waals surface area (Å²) in [5, 5.41) is 0. The summed E-state index contributed by atoms with van der Waals surface area (Å²) in [7, 11) is 1.53. The number of hydrogen-bond acceptors (Lipinski definition) is 4. The molecule has 0 radical (unpaired) electrons. The second-order valence-electron chi connectivity index (χ2n) is 5.23. The van der Waals surface area contributed by atoms with E-state index in [-0.39, 0.29) is 12.5 Å². The number of benzene rings is 2. The van der Waals surface area contributed by atoms with Gasteiger partial charge in [-0.05, 0) is 36.2 Å². The SMILES string of the molecule is COc1ccc(OCC(=O)N2CCc3ccccc32)c(C=O)c1. The van der Waals surface area contributed by atoms with Crippen molar-refractivity contribution < 1.29 is 19.1 Å². The Kier molecular flexibility index (Phi) is 4.28. The minimum Gasteiger partial charge on any atom is -0.497 e. The van der Waals surface area contributed by atoms with Crippen molar-refractivity contribution in [1.82, 2.24) is 0 Å². The maximum Gasteiger partial charge on any atom is 0.264 e. The Labute approximate surface area is 134 Å². The van der Waals surface area contributed by atoms with Gasteiger partial charge in [-0.15, -0.1) is 0 Å². The van der Waals surface area contributed by atoms with Crippen LogP contribution in [0.2, 0.25) is 0 Å². The summed E-state index contributed by atoms with van der Waals surface area (Å²) >= 11 is 0. The second kappa shape index (κ2) is 6.52. The fourth-order valence-corrected chi connectivity index (χ4v) is 2.69. The van der Waals surface area contributed by atoms with Crippen molar-refractivity contribution >= 4 is 17.9 Å². The molecule has 3 rings (SSSR count). The van der Waals surface area contributed by atoms with Gasteiger partial charge < -0.3 is 14.4 Å². The lowest BCUT2D eigenvalue weighted by Gasteiger charge is -2.18. The van der Waals surface area contributed by atoms with Crippen molar-refractivity contribution in [2.45, 2.75) is 6.42 Å². The van der Waals surface area contributed by atoms with Crippen LogP contribution in [0.15, 0.2) is 42.5 Å². The summed E-state index contributed by atoms with van der Waals surface area (Å²) in [5.41, 5.74) is 2.46. The number of carbonyl (C=O) groups is 2. The van der Waals surface area contributed by atoms with Gasteiger partial charge in [0.25, 0.3) is 5.91 Å². The van der Waals surface area contributed by atoms with Crippen molar-refractivity contribution in [3.63, 3.8) is 0 Å². The molecule has 1 aliphatic rings. The number of aldehydes is 1. The summed E-state index contributed by atoms with van der Waals surface area (Å²) in [6, 6.07) is 12.8. The number of carbonyl (C=O) groups excluding carboxylic acids is 2. The highest BCUT2D eigenvalue weighted by atomic mass is 16.5. The van der Waals surface area contributed by atoms with Gasteiger partial charge in [0, 0.05) is 12.2 Å². The molecule has 0 saturated heterocycles. The number of nitrogens with zero attached hydrogens (tertiary/aromatic N) is 1. The Balaban J connectivity index is 1.70. The van der Waals surface area contributed by atoms with Gasteiger partial charge in [-0.1, -0.05) is 18.2 Å². The van der Waals surface area contributed by atoms with Gasteiger partial charge in [-0.2, -0.15) is 0 Å². The average Bonchev–Trinajstić information content (AvgIpc) is 3.03. The van der Waals surface area contributed by atoms with Crippen LogP contribution in [0.1, 0.15) is 15.9 Å². The van der Waals surface area contributed by atoms with Crippen LogP contribution in [-0.2, 0) is 11.2 Å². The van der Waals surface area contributed by atoms with E-state index in [0.29, 0.717) is 29.9 Å². The van der Waals surface area contributed by atoms with Crippen molar-refractivity contribution in [3.8, 4) is 11.5 Å². The molecule has 0 aliphatic carbocycles. The quantitative estimate of drug-likeness (QED) is 0.796. The van der Waals surface area contributed by atoms with Crippen LogP contribution < -0.4 is 14.4 Å². The molecule has 0 saturated carbocycles. The molecule has 5 heteroatoms. The predicted octanol–water partition coefficient (Wildman–Crippen LogP) is 2.48. The first-order valence-electron chi connectivity index (χ1n) is 7.37. The number of ether oxygens (including phenoxy) is 2. The van der Waals surface area contributed by atoms with Gasteiger partial charge in [0.2, 0.25) is 0 Å². The molecule has 23 heavy (non-hydrogen) atoms. The van der Waals surface area contributed by atoms with Crippen LogP contribution in [0.5, 0.6) is 11.5 Å². The maximum atomic E-state index is 12.4. The first-order chi connectivity index (χ1) is 11.2. The Morgan fingerprint density at radius 3 is 2.87 bits per heavy atom. The third-order valence-corrected chi connectivity index (χ3v) is 3.88. The van der Waals surface area contributed by atoms with E-state index in [9.17, 15) is 9.59 Å². The van der Waals surface area contributed by atoms with Crippen LogP contribution in [0.3, 0.4) is 0 Å². The van der Waals surface area contributed by atoms with Crippen LogP contribution in [0.4, 0.5) is 5.69 Å². The van der Waals surface area contributed by atoms with Gasteiger partial charge >= 0.3 is 0 Å². The van der Waals surface area contributed by atoms with Gasteiger partial charge in [0.1, 0.15) is 11.5 Å². The zero-order chi connectivity index (χ0) is 16.2. The zero-order valence-electron chi connectivity index (χ0n) is 12.8. The maximum absolute atomic E-state index is 12.4. The molecule has 0 atom stereocenters. The van der Waals surface area contributed by atoms with Crippen LogP contribution in [0, 0.1) is 0 Å². The van der Waals surface area contributed by atoms with Crippen molar-refractivity contribution in [3.05, 3.63) is 53.6 Å². The smallest absolute Gasteiger partial charge is 0.264 e. The fraction of sp³-hybridized carbons (Fsp3) is 0.222. The van der Waals surface area contributed by atoms with Crippen LogP contribution in [-0.4, -0.2) is 32.5 Å². The molecule has 2 aromatic carbocycles. The van der Waals surface area contributed by atoms with Crippen LogP contribution in [0.25, 0.3) is 0 Å². The lowest BCUT2D eigenvalue weighted by molar-refractivity contribution is -0.120. The summed E-state index contributed by atoms with van der Waals surface area (Å²) in [6.45, 7) is 0.548. The topological polar surface area (TPSA) is 55.8 Å². The van der Waals surface area contributed by atoms with Crippen LogP contribution >= 0.6 is 0 Å². The number of para-hydroxylation sites is 1. The minimum absolute atomic E-state index is 0.110. The highest BCUT2D eigenvalue weighted by Gasteiger charge is 2.24. The molecular formula is C18H17NO4. The second-order valence-corrected chi connectivity index (χ2v) is 5.23. The molecule has 0 unspecified atom stereocenters. The first-order valence-corrected chi connectivity index (χ1v) is 7.37. The molecule has 0 spiro atoms. The molecule has 2 aromatic rings. The van der Waals surface area contributed by atoms with E-state index in [0.717, 1.165) is 12.1 Å². The molecule has 0 aromatic heterocycles. The molecule has 1 aliphatic heterocycles. The number of hydrogen-bond donors (Lipinski definition) is 0. The van der Waals surface area contributed by atoms with E-state index in [4.69, 9.17) is 9.47 Å². The summed E-state index contributed by atoms with van der Waals surface area (Å²) in [4.78, 5) is 25.2. The molecule has 1 heterocycles. The molecule has 5 nitrogen and oxygen atoms in total. The first kappa shape index (κ1) is 15.1. The Bertz CT molecular complexity index is 742. The third-order valence-electron chi connectivity index (χ3n) is 3.88. The number of rotatable bonds is 5. The lowest BCUT2D eigenvalue weighted by atomic mass is 10.2. The van der Waals surface area contributed by atoms with Crippen molar-refractivity contribution in [2.24, 2.45) is 0 Å². The third kappa shape index (κ3) is 3.04. The van der Waals surface area contributed by atoms with Gasteiger partial charge in [-0.25, -0.2) is 0 Å². The highest BCUT2D eigenvalue weighted by molar-refractivity contribution is 5.96. The monoisotopic (exact) mass is 311 g/mol. The molecule has 0 bridgehead atoms. The zero-order valence-corrected chi connectivity index (χ0v) is 12.8. The Hall–Kier alpha value is -2.82. The van der Waals surface area contributed by atoms with Gasteiger partial charge in [0.05, 0.1) is 12.7 Å². The Morgan fingerprint density at radius 1 is 1.26 bits per heavy atom. The van der Waals surface area contributed by atoms with E-state index in [1.165, 1.54) is 12.7 Å². The fourth-order valence-electron chi connectivity index (χ4n) is 2.69. The molecule has 118 valence electrons. The predicted molar refractivity (Wildman–Crippen MR) is 86.4 cm³/mol. The normalized spacial score (nSPS) is 12.7. The lowest BCUT2D eigenvalue weighted by Crippen LogP contribution is -2.33. The van der Waals surface area contributed by atoms with Gasteiger partial charge in [-0.3, -0.25) is 9.59 Å². The Morgan fingerprint density at radius 2 is 2.09 bits per heavy atom. The minimum atomic E-state index is -0.123. The summed E-state index contributed by atoms with van der Waals surface area (Å²) < 4.78 is 10.6. The molecular weight excluding hydrogens is 294 g/mol. The van der Waals surface area contributed by atoms with E-state index in [1.807, 2.05) is 24.3 Å². The standard InChI is InChI=1S/C18H17NO4/c1-22-15-6-7-17(14(10-15)11-20)23-12-18(21)19-9-8-13-4-2-3-5-16(13)19/h2-7,10-11H,8-9,12H2,1H3. The van der Waals surface area contributed by atoms with Gasteiger partial charge in [0.15, 0.2) is 12.9 Å². The van der Waals surface area contributed by atoms with Crippen molar-refractivity contribution in [1.29, 1.82) is 0 Å². The van der Waals surface area contributed by atoms with Crippen molar-refractivity contribution in [2.75, 3.05) is 25.2 Å². The van der Waals surface area contributed by atoms with E-state index in [1.54, 1.807) is 23.1 Å². The molecule has 0 fully saturated rings. The van der Waals surface area contributed by atoms with E-state index < -0.39 is 0 Å².